The van der Waals surface area contributed by atoms with E-state index >= 15 is 0 Å². The summed E-state index contributed by atoms with van der Waals surface area (Å²) in [5.41, 5.74) is 0.343. The van der Waals surface area contributed by atoms with Crippen LogP contribution < -0.4 is 10.6 Å². The van der Waals surface area contributed by atoms with Crippen molar-refractivity contribution in [2.75, 3.05) is 6.54 Å². The van der Waals surface area contributed by atoms with Crippen LogP contribution in [0.25, 0.3) is 0 Å². The molecule has 1 heterocycles. The van der Waals surface area contributed by atoms with E-state index < -0.39 is 17.7 Å². The van der Waals surface area contributed by atoms with Crippen LogP contribution in [0.4, 0.5) is 4.39 Å². The molecule has 0 spiro atoms. The fraction of sp³-hybridized carbons (Fsp3) is 0.222. The average Bonchev–Trinajstić information content (AvgIpc) is 2.57. The maximum Gasteiger partial charge on any atom is 0.235 e. The van der Waals surface area contributed by atoms with Crippen molar-refractivity contribution in [2.45, 2.75) is 6.17 Å². The van der Waals surface area contributed by atoms with Gasteiger partial charge in [0.05, 0.1) is 6.54 Å². The number of halogens is 1. The second kappa shape index (κ2) is 3.26. The van der Waals surface area contributed by atoms with Gasteiger partial charge in [0.25, 0.3) is 0 Å². The minimum Gasteiger partial charge on any atom is -0.505 e. The molecular formula is C9H9FN2O2. The number of carbonyl (C=O) groups excluding carboxylic acids is 1. The standard InChI is InChI=1S/C9H9FN2O2/c10-6-3-1-2-5(8(6)14)9-11-4-7(13)12-9/h1-3,9,11,14H,4H2,(H,12,13). The van der Waals surface area contributed by atoms with Crippen molar-refractivity contribution in [2.24, 2.45) is 0 Å². The van der Waals surface area contributed by atoms with Gasteiger partial charge in [-0.1, -0.05) is 12.1 Å². The number of phenolic OH excluding ortho intramolecular Hbond substituents is 1. The SMILES string of the molecule is O=C1CNC(c2cccc(F)c2O)N1. The van der Waals surface area contributed by atoms with Gasteiger partial charge in [-0.15, -0.1) is 0 Å². The highest BCUT2D eigenvalue weighted by Gasteiger charge is 2.24. The first-order chi connectivity index (χ1) is 6.68. The normalized spacial score (nSPS) is 20.9. The van der Waals surface area contributed by atoms with E-state index in [-0.39, 0.29) is 12.5 Å². The summed E-state index contributed by atoms with van der Waals surface area (Å²) >= 11 is 0. The molecule has 1 unspecified atom stereocenters. The van der Waals surface area contributed by atoms with E-state index in [1.807, 2.05) is 0 Å². The van der Waals surface area contributed by atoms with Gasteiger partial charge in [-0.3, -0.25) is 10.1 Å². The van der Waals surface area contributed by atoms with Gasteiger partial charge in [-0.25, -0.2) is 4.39 Å². The lowest BCUT2D eigenvalue weighted by Crippen LogP contribution is -2.22. The molecular weight excluding hydrogens is 187 g/mol. The molecule has 1 aliphatic heterocycles. The fourth-order valence-corrected chi connectivity index (χ4v) is 1.41. The first-order valence-electron chi connectivity index (χ1n) is 4.18. The Hall–Kier alpha value is -1.62. The second-order valence-corrected chi connectivity index (χ2v) is 3.06. The summed E-state index contributed by atoms with van der Waals surface area (Å²) in [6.45, 7) is 0.181. The number of nitrogens with one attached hydrogen (secondary N) is 2. The highest BCUT2D eigenvalue weighted by Crippen LogP contribution is 2.26. The first-order valence-corrected chi connectivity index (χ1v) is 4.18. The average molecular weight is 196 g/mol. The molecule has 14 heavy (non-hydrogen) atoms. The molecule has 1 saturated heterocycles. The van der Waals surface area contributed by atoms with Crippen molar-refractivity contribution in [3.63, 3.8) is 0 Å². The molecule has 0 aromatic heterocycles. The Bertz CT molecular complexity index is 381. The largest absolute Gasteiger partial charge is 0.505 e. The van der Waals surface area contributed by atoms with Crippen LogP contribution >= 0.6 is 0 Å². The zero-order chi connectivity index (χ0) is 10.1. The minimum absolute atomic E-state index is 0.168. The van der Waals surface area contributed by atoms with E-state index in [0.717, 1.165) is 6.07 Å². The number of hydrogen-bond acceptors (Lipinski definition) is 3. The van der Waals surface area contributed by atoms with Gasteiger partial charge in [0, 0.05) is 5.56 Å². The number of phenols is 1. The van der Waals surface area contributed by atoms with E-state index in [2.05, 4.69) is 10.6 Å². The number of carbonyl (C=O) groups is 1. The second-order valence-electron chi connectivity index (χ2n) is 3.06. The van der Waals surface area contributed by atoms with Crippen LogP contribution in [0.15, 0.2) is 18.2 Å². The number of aromatic hydroxyl groups is 1. The third-order valence-electron chi connectivity index (χ3n) is 2.10. The third kappa shape index (κ3) is 1.42. The molecule has 1 aromatic rings. The molecule has 1 aromatic carbocycles. The van der Waals surface area contributed by atoms with Gasteiger partial charge in [-0.05, 0) is 6.07 Å². The van der Waals surface area contributed by atoms with Gasteiger partial charge < -0.3 is 10.4 Å². The van der Waals surface area contributed by atoms with Crippen molar-refractivity contribution in [1.82, 2.24) is 10.6 Å². The monoisotopic (exact) mass is 196 g/mol. The van der Waals surface area contributed by atoms with E-state index in [9.17, 15) is 14.3 Å². The van der Waals surface area contributed by atoms with Crippen LogP contribution in [0.1, 0.15) is 11.7 Å². The first kappa shape index (κ1) is 8.96. The number of amides is 1. The van der Waals surface area contributed by atoms with Crippen molar-refractivity contribution < 1.29 is 14.3 Å². The van der Waals surface area contributed by atoms with Crippen molar-refractivity contribution in [3.05, 3.63) is 29.6 Å². The van der Waals surface area contributed by atoms with Crippen LogP contribution in [0.5, 0.6) is 5.75 Å². The number of benzene rings is 1. The Balaban J connectivity index is 2.32. The van der Waals surface area contributed by atoms with E-state index in [0.29, 0.717) is 5.56 Å². The fourth-order valence-electron chi connectivity index (χ4n) is 1.41. The smallest absolute Gasteiger partial charge is 0.235 e. The van der Waals surface area contributed by atoms with Crippen molar-refractivity contribution >= 4 is 5.91 Å². The van der Waals surface area contributed by atoms with Crippen molar-refractivity contribution in [3.8, 4) is 5.75 Å². The van der Waals surface area contributed by atoms with Gasteiger partial charge in [-0.2, -0.15) is 0 Å². The van der Waals surface area contributed by atoms with E-state index in [1.54, 1.807) is 6.07 Å². The highest BCUT2D eigenvalue weighted by molar-refractivity contribution is 5.80. The minimum atomic E-state index is -0.689. The van der Waals surface area contributed by atoms with Crippen LogP contribution in [-0.2, 0) is 4.79 Å². The van der Waals surface area contributed by atoms with E-state index in [4.69, 9.17) is 0 Å². The predicted octanol–water partition coefficient (Wildman–Crippen LogP) is 0.249. The van der Waals surface area contributed by atoms with Gasteiger partial charge >= 0.3 is 0 Å². The Kier molecular flexibility index (Phi) is 2.09. The summed E-state index contributed by atoms with van der Waals surface area (Å²) in [5.74, 6) is -1.28. The Morgan fingerprint density at radius 2 is 2.29 bits per heavy atom. The summed E-state index contributed by atoms with van der Waals surface area (Å²) in [6.07, 6.45) is -0.502. The molecule has 4 nitrogen and oxygen atoms in total. The molecule has 5 heteroatoms. The summed E-state index contributed by atoms with van der Waals surface area (Å²) < 4.78 is 12.9. The van der Waals surface area contributed by atoms with Gasteiger partial charge in [0.1, 0.15) is 6.17 Å². The highest BCUT2D eigenvalue weighted by atomic mass is 19.1. The topological polar surface area (TPSA) is 61.4 Å². The van der Waals surface area contributed by atoms with Gasteiger partial charge in [0.15, 0.2) is 11.6 Å². The van der Waals surface area contributed by atoms with Crippen LogP contribution in [0.3, 0.4) is 0 Å². The quantitative estimate of drug-likeness (QED) is 0.603. The zero-order valence-corrected chi connectivity index (χ0v) is 7.25. The third-order valence-corrected chi connectivity index (χ3v) is 2.10. The molecule has 0 saturated carbocycles. The summed E-state index contributed by atoms with van der Waals surface area (Å²) in [6, 6.07) is 4.20. The zero-order valence-electron chi connectivity index (χ0n) is 7.25. The Morgan fingerprint density at radius 3 is 2.93 bits per heavy atom. The number of rotatable bonds is 1. The van der Waals surface area contributed by atoms with Crippen LogP contribution in [0.2, 0.25) is 0 Å². The van der Waals surface area contributed by atoms with E-state index in [1.165, 1.54) is 6.07 Å². The maximum absolute atomic E-state index is 12.9. The summed E-state index contributed by atoms with van der Waals surface area (Å²) in [7, 11) is 0. The molecule has 1 fully saturated rings. The molecule has 1 amide bonds. The maximum atomic E-state index is 12.9. The molecule has 0 radical (unpaired) electrons. The summed E-state index contributed by atoms with van der Waals surface area (Å²) in [5, 5.41) is 14.7. The van der Waals surface area contributed by atoms with Crippen LogP contribution in [-0.4, -0.2) is 17.6 Å². The van der Waals surface area contributed by atoms with Gasteiger partial charge in [0.2, 0.25) is 5.91 Å². The Morgan fingerprint density at radius 1 is 1.50 bits per heavy atom. The Labute approximate surface area is 79.7 Å². The molecule has 2 rings (SSSR count). The molecule has 3 N–H and O–H groups in total. The lowest BCUT2D eigenvalue weighted by molar-refractivity contribution is -0.118. The van der Waals surface area contributed by atoms with Crippen molar-refractivity contribution in [1.29, 1.82) is 0 Å². The molecule has 0 aliphatic carbocycles. The molecule has 1 aliphatic rings. The lowest BCUT2D eigenvalue weighted by atomic mass is 10.1. The predicted molar refractivity (Wildman–Crippen MR) is 47.0 cm³/mol. The lowest BCUT2D eigenvalue weighted by Gasteiger charge is -2.12. The molecule has 0 bridgehead atoms. The molecule has 74 valence electrons. The number of hydrogen-bond donors (Lipinski definition) is 3. The summed E-state index contributed by atoms with van der Waals surface area (Å²) in [4.78, 5) is 10.9. The number of para-hydroxylation sites is 1. The molecule has 1 atom stereocenters. The van der Waals surface area contributed by atoms with Crippen LogP contribution in [0, 0.1) is 5.82 Å².